The molecular formula is C20H24N4O3S. The van der Waals surface area contributed by atoms with Crippen LogP contribution in [0.25, 0.3) is 22.2 Å². The lowest BCUT2D eigenvalue weighted by Crippen LogP contribution is -2.30. The smallest absolute Gasteiger partial charge is 0.274 e. The number of fused-ring (bicyclic) bond motifs is 1. The number of sulfonamides is 1. The molecule has 3 aromatic heterocycles. The van der Waals surface area contributed by atoms with Crippen molar-refractivity contribution in [3.05, 3.63) is 46.5 Å². The third kappa shape index (κ3) is 3.27. The van der Waals surface area contributed by atoms with Crippen LogP contribution in [0.1, 0.15) is 39.2 Å². The van der Waals surface area contributed by atoms with Crippen LogP contribution in [0.3, 0.4) is 0 Å². The molecule has 28 heavy (non-hydrogen) atoms. The highest BCUT2D eigenvalue weighted by molar-refractivity contribution is 7.89. The number of nitrogens with one attached hydrogen (secondary N) is 2. The second-order valence-electron chi connectivity index (χ2n) is 8.42. The van der Waals surface area contributed by atoms with Crippen LogP contribution < -0.4 is 10.3 Å². The summed E-state index contributed by atoms with van der Waals surface area (Å²) in [7, 11) is -2.07. The minimum Gasteiger partial charge on any atom is -0.357 e. The summed E-state index contributed by atoms with van der Waals surface area (Å²) >= 11 is 0. The van der Waals surface area contributed by atoms with E-state index in [9.17, 15) is 13.2 Å². The Balaban J connectivity index is 1.95. The van der Waals surface area contributed by atoms with Gasteiger partial charge in [-0.25, -0.2) is 18.1 Å². The molecule has 0 aromatic carbocycles. The molecule has 1 aliphatic carbocycles. The van der Waals surface area contributed by atoms with Gasteiger partial charge in [-0.15, -0.1) is 0 Å². The molecule has 3 heterocycles. The van der Waals surface area contributed by atoms with E-state index in [0.29, 0.717) is 22.3 Å². The number of pyridine rings is 2. The molecular weight excluding hydrogens is 376 g/mol. The monoisotopic (exact) mass is 400 g/mol. The quantitative estimate of drug-likeness (QED) is 0.704. The summed E-state index contributed by atoms with van der Waals surface area (Å²) in [6, 6.07) is 5.45. The number of aromatic nitrogens is 3. The Morgan fingerprint density at radius 3 is 2.57 bits per heavy atom. The number of aryl methyl sites for hydroxylation is 1. The summed E-state index contributed by atoms with van der Waals surface area (Å²) in [6.45, 7) is 5.91. The predicted octanol–water partition coefficient (Wildman–Crippen LogP) is 2.67. The zero-order chi connectivity index (χ0) is 20.3. The standard InChI is InChI=1S/C20H24N4O3S/c1-20(2,3)15-7-8-16(22-18(15)28(26,27)23-12-5-6-12)14-11-24(4)19(25)17-13(14)9-10-21-17/h7-12,21,23H,5-6H2,1-4H3. The fraction of sp³-hybridized carbons (Fsp3) is 0.400. The minimum atomic E-state index is -3.74. The minimum absolute atomic E-state index is 0.00259. The molecule has 0 atom stereocenters. The first-order valence-electron chi connectivity index (χ1n) is 9.29. The normalized spacial score (nSPS) is 15.3. The van der Waals surface area contributed by atoms with Crippen molar-refractivity contribution >= 4 is 20.9 Å². The average Bonchev–Trinajstić information content (AvgIpc) is 3.27. The molecule has 4 rings (SSSR count). The van der Waals surface area contributed by atoms with Crippen LogP contribution in [0, 0.1) is 0 Å². The van der Waals surface area contributed by atoms with Crippen molar-refractivity contribution in [1.29, 1.82) is 0 Å². The molecule has 1 fully saturated rings. The van der Waals surface area contributed by atoms with Crippen molar-refractivity contribution in [1.82, 2.24) is 19.3 Å². The number of hydrogen-bond acceptors (Lipinski definition) is 4. The molecule has 1 saturated carbocycles. The first-order valence-corrected chi connectivity index (χ1v) is 10.8. The van der Waals surface area contributed by atoms with Crippen LogP contribution in [-0.2, 0) is 22.5 Å². The third-order valence-electron chi connectivity index (χ3n) is 4.99. The second kappa shape index (κ2) is 6.28. The van der Waals surface area contributed by atoms with Crippen molar-refractivity contribution in [2.75, 3.05) is 0 Å². The Bertz CT molecular complexity index is 1230. The van der Waals surface area contributed by atoms with Crippen LogP contribution in [0.15, 0.2) is 40.4 Å². The summed E-state index contributed by atoms with van der Waals surface area (Å²) in [5, 5.41) is 0.777. The van der Waals surface area contributed by atoms with Gasteiger partial charge in [0.2, 0.25) is 0 Å². The van der Waals surface area contributed by atoms with Gasteiger partial charge in [0.1, 0.15) is 5.52 Å². The van der Waals surface area contributed by atoms with E-state index in [1.54, 1.807) is 19.4 Å². The van der Waals surface area contributed by atoms with Crippen LogP contribution in [0.4, 0.5) is 0 Å². The molecule has 0 spiro atoms. The molecule has 8 heteroatoms. The SMILES string of the molecule is Cn1cc(-c2ccc(C(C)(C)C)c(S(=O)(=O)NC3CC3)n2)c2cc[nH]c2c1=O. The van der Waals surface area contributed by atoms with Crippen molar-refractivity contribution in [3.8, 4) is 11.3 Å². The van der Waals surface area contributed by atoms with E-state index in [4.69, 9.17) is 0 Å². The zero-order valence-corrected chi connectivity index (χ0v) is 17.2. The second-order valence-corrected chi connectivity index (χ2v) is 10.0. The van der Waals surface area contributed by atoms with Crippen LogP contribution in [0.5, 0.6) is 0 Å². The molecule has 0 radical (unpaired) electrons. The van der Waals surface area contributed by atoms with Gasteiger partial charge in [0.25, 0.3) is 15.6 Å². The summed E-state index contributed by atoms with van der Waals surface area (Å²) in [6.07, 6.45) is 5.11. The van der Waals surface area contributed by atoms with E-state index < -0.39 is 10.0 Å². The van der Waals surface area contributed by atoms with Gasteiger partial charge in [-0.05, 0) is 36.0 Å². The Kier molecular flexibility index (Phi) is 4.24. The maximum absolute atomic E-state index is 13.0. The van der Waals surface area contributed by atoms with Gasteiger partial charge in [-0.1, -0.05) is 26.8 Å². The van der Waals surface area contributed by atoms with Gasteiger partial charge in [-0.3, -0.25) is 4.79 Å². The highest BCUT2D eigenvalue weighted by Crippen LogP contribution is 2.33. The topological polar surface area (TPSA) is 96.8 Å². The average molecular weight is 401 g/mol. The Hall–Kier alpha value is -2.45. The van der Waals surface area contributed by atoms with Gasteiger partial charge < -0.3 is 9.55 Å². The highest BCUT2D eigenvalue weighted by atomic mass is 32.2. The van der Waals surface area contributed by atoms with E-state index in [0.717, 1.165) is 18.2 Å². The lowest BCUT2D eigenvalue weighted by Gasteiger charge is -2.23. The van der Waals surface area contributed by atoms with Crippen LogP contribution in [0.2, 0.25) is 0 Å². The van der Waals surface area contributed by atoms with E-state index >= 15 is 0 Å². The first-order chi connectivity index (χ1) is 13.1. The fourth-order valence-electron chi connectivity index (χ4n) is 3.32. The Morgan fingerprint density at radius 1 is 1.21 bits per heavy atom. The van der Waals surface area contributed by atoms with Crippen molar-refractivity contribution in [2.24, 2.45) is 7.05 Å². The van der Waals surface area contributed by atoms with E-state index in [1.165, 1.54) is 4.57 Å². The molecule has 0 aliphatic heterocycles. The third-order valence-corrected chi connectivity index (χ3v) is 6.46. The van der Waals surface area contributed by atoms with Gasteiger partial charge in [0.05, 0.1) is 5.69 Å². The summed E-state index contributed by atoms with van der Waals surface area (Å²) < 4.78 is 30.3. The summed E-state index contributed by atoms with van der Waals surface area (Å²) in [5.74, 6) is 0. The van der Waals surface area contributed by atoms with Crippen molar-refractivity contribution in [2.45, 2.75) is 50.1 Å². The molecule has 0 bridgehead atoms. The van der Waals surface area contributed by atoms with E-state index in [-0.39, 0.29) is 22.0 Å². The van der Waals surface area contributed by atoms with Crippen molar-refractivity contribution < 1.29 is 8.42 Å². The van der Waals surface area contributed by atoms with Gasteiger partial charge in [0.15, 0.2) is 5.03 Å². The maximum atomic E-state index is 13.0. The van der Waals surface area contributed by atoms with Crippen LogP contribution >= 0.6 is 0 Å². The predicted molar refractivity (Wildman–Crippen MR) is 109 cm³/mol. The number of hydrogen-bond donors (Lipinski definition) is 2. The fourth-order valence-corrected chi connectivity index (χ4v) is 4.98. The molecule has 0 saturated heterocycles. The molecule has 0 amide bonds. The van der Waals surface area contributed by atoms with Gasteiger partial charge in [-0.2, -0.15) is 0 Å². The highest BCUT2D eigenvalue weighted by Gasteiger charge is 2.33. The van der Waals surface area contributed by atoms with Crippen LogP contribution in [-0.4, -0.2) is 29.0 Å². The first kappa shape index (κ1) is 18.9. The van der Waals surface area contributed by atoms with E-state index in [2.05, 4.69) is 14.7 Å². The zero-order valence-electron chi connectivity index (χ0n) is 16.4. The van der Waals surface area contributed by atoms with Crippen molar-refractivity contribution in [3.63, 3.8) is 0 Å². The summed E-state index contributed by atoms with van der Waals surface area (Å²) in [4.78, 5) is 19.9. The Morgan fingerprint density at radius 2 is 1.93 bits per heavy atom. The number of rotatable bonds is 4. The largest absolute Gasteiger partial charge is 0.357 e. The summed E-state index contributed by atoms with van der Waals surface area (Å²) in [5.41, 5.74) is 1.85. The molecule has 7 nitrogen and oxygen atoms in total. The van der Waals surface area contributed by atoms with Gasteiger partial charge >= 0.3 is 0 Å². The molecule has 0 unspecified atom stereocenters. The lowest BCUT2D eigenvalue weighted by molar-refractivity contribution is 0.546. The number of nitrogens with zero attached hydrogens (tertiary/aromatic N) is 2. The number of aromatic amines is 1. The lowest BCUT2D eigenvalue weighted by atomic mass is 9.88. The Labute approximate surface area is 163 Å². The number of H-pyrrole nitrogens is 1. The molecule has 1 aliphatic rings. The van der Waals surface area contributed by atoms with E-state index in [1.807, 2.05) is 39.0 Å². The molecule has 148 valence electrons. The molecule has 2 N–H and O–H groups in total. The molecule has 3 aromatic rings. The van der Waals surface area contributed by atoms with Gasteiger partial charge in [0, 0.05) is 36.4 Å². The maximum Gasteiger partial charge on any atom is 0.274 e.